The standard InChI is InChI=1S/C21H28N4OS/c1-13(2)17-6-8-18(9-7-17)23-21(27)25-24-19(26)12-22-20-15(4)10-14(3)11-16(20)5/h6-11,13,22H,12H2,1-5H3,(H,24,26)(H2,23,25,27). The second-order valence-electron chi connectivity index (χ2n) is 7.03. The van der Waals surface area contributed by atoms with Crippen LogP contribution in [0.1, 0.15) is 42.0 Å². The van der Waals surface area contributed by atoms with Gasteiger partial charge in [-0.1, -0.05) is 43.7 Å². The van der Waals surface area contributed by atoms with Crippen molar-refractivity contribution in [1.82, 2.24) is 10.9 Å². The molecule has 0 saturated heterocycles. The topological polar surface area (TPSA) is 65.2 Å². The number of anilines is 2. The lowest BCUT2D eigenvalue weighted by atomic mass is 10.0. The van der Waals surface area contributed by atoms with E-state index in [0.717, 1.165) is 22.5 Å². The van der Waals surface area contributed by atoms with Crippen LogP contribution in [0.15, 0.2) is 36.4 Å². The van der Waals surface area contributed by atoms with Crippen LogP contribution in [0.4, 0.5) is 11.4 Å². The van der Waals surface area contributed by atoms with Crippen LogP contribution in [-0.2, 0) is 4.79 Å². The Morgan fingerprint density at radius 2 is 1.59 bits per heavy atom. The van der Waals surface area contributed by atoms with E-state index in [9.17, 15) is 4.79 Å². The minimum Gasteiger partial charge on any atom is -0.376 e. The van der Waals surface area contributed by atoms with Gasteiger partial charge < -0.3 is 10.6 Å². The number of thiocarbonyl (C=S) groups is 1. The summed E-state index contributed by atoms with van der Waals surface area (Å²) in [7, 11) is 0. The number of nitrogens with one attached hydrogen (secondary N) is 4. The van der Waals surface area contributed by atoms with Gasteiger partial charge in [-0.2, -0.15) is 0 Å². The van der Waals surface area contributed by atoms with Crippen molar-refractivity contribution in [2.24, 2.45) is 0 Å². The number of amides is 1. The second kappa shape index (κ2) is 9.37. The Labute approximate surface area is 166 Å². The van der Waals surface area contributed by atoms with E-state index in [1.165, 1.54) is 11.1 Å². The van der Waals surface area contributed by atoms with Crippen LogP contribution in [0.3, 0.4) is 0 Å². The highest BCUT2D eigenvalue weighted by atomic mass is 32.1. The van der Waals surface area contributed by atoms with Crippen LogP contribution in [0.2, 0.25) is 0 Å². The van der Waals surface area contributed by atoms with Crippen molar-refractivity contribution in [2.75, 3.05) is 17.2 Å². The largest absolute Gasteiger partial charge is 0.376 e. The Bertz CT molecular complexity index is 792. The lowest BCUT2D eigenvalue weighted by molar-refractivity contribution is -0.119. The van der Waals surface area contributed by atoms with Gasteiger partial charge in [0.15, 0.2) is 5.11 Å². The molecule has 0 spiro atoms. The van der Waals surface area contributed by atoms with E-state index >= 15 is 0 Å². The van der Waals surface area contributed by atoms with Gasteiger partial charge in [0.2, 0.25) is 0 Å². The highest BCUT2D eigenvalue weighted by molar-refractivity contribution is 7.80. The minimum atomic E-state index is -0.200. The smallest absolute Gasteiger partial charge is 0.257 e. The van der Waals surface area contributed by atoms with Gasteiger partial charge in [0, 0.05) is 11.4 Å². The molecular weight excluding hydrogens is 356 g/mol. The van der Waals surface area contributed by atoms with E-state index in [1.54, 1.807) is 0 Å². The number of carbonyl (C=O) groups excluding carboxylic acids is 1. The number of benzene rings is 2. The summed E-state index contributed by atoms with van der Waals surface area (Å²) in [6.45, 7) is 10.6. The molecule has 0 fully saturated rings. The molecule has 0 saturated carbocycles. The predicted octanol–water partition coefficient (Wildman–Crippen LogP) is 4.16. The number of hydrazine groups is 1. The summed E-state index contributed by atoms with van der Waals surface area (Å²) in [6, 6.07) is 12.2. The molecule has 0 radical (unpaired) electrons. The third kappa shape index (κ3) is 6.25. The van der Waals surface area contributed by atoms with Gasteiger partial charge >= 0.3 is 0 Å². The first-order valence-electron chi connectivity index (χ1n) is 9.03. The van der Waals surface area contributed by atoms with E-state index in [4.69, 9.17) is 12.2 Å². The van der Waals surface area contributed by atoms with Crippen molar-refractivity contribution in [1.29, 1.82) is 0 Å². The monoisotopic (exact) mass is 384 g/mol. The van der Waals surface area contributed by atoms with Crippen LogP contribution in [0, 0.1) is 20.8 Å². The average Bonchev–Trinajstić information content (AvgIpc) is 2.59. The predicted molar refractivity (Wildman–Crippen MR) is 117 cm³/mol. The maximum atomic E-state index is 12.1. The third-order valence-electron chi connectivity index (χ3n) is 4.25. The zero-order chi connectivity index (χ0) is 20.0. The quantitative estimate of drug-likeness (QED) is 0.460. The molecule has 0 atom stereocenters. The molecule has 144 valence electrons. The fraction of sp³-hybridized carbons (Fsp3) is 0.333. The van der Waals surface area contributed by atoms with Gasteiger partial charge in [0.1, 0.15) is 0 Å². The highest BCUT2D eigenvalue weighted by Crippen LogP contribution is 2.21. The van der Waals surface area contributed by atoms with E-state index in [0.29, 0.717) is 11.0 Å². The van der Waals surface area contributed by atoms with Gasteiger partial charge in [0.25, 0.3) is 5.91 Å². The second-order valence-corrected chi connectivity index (χ2v) is 7.44. The van der Waals surface area contributed by atoms with E-state index < -0.39 is 0 Å². The molecule has 5 nitrogen and oxygen atoms in total. The van der Waals surface area contributed by atoms with Crippen molar-refractivity contribution in [3.05, 3.63) is 58.7 Å². The molecule has 4 N–H and O–H groups in total. The number of hydrogen-bond donors (Lipinski definition) is 4. The highest BCUT2D eigenvalue weighted by Gasteiger charge is 2.07. The van der Waals surface area contributed by atoms with Crippen molar-refractivity contribution >= 4 is 34.6 Å². The van der Waals surface area contributed by atoms with Gasteiger partial charge in [0.05, 0.1) is 6.54 Å². The molecule has 0 aliphatic rings. The van der Waals surface area contributed by atoms with Crippen LogP contribution >= 0.6 is 12.2 Å². The summed E-state index contributed by atoms with van der Waals surface area (Å²) < 4.78 is 0. The van der Waals surface area contributed by atoms with E-state index in [2.05, 4.69) is 66.5 Å². The molecular formula is C21H28N4OS. The first-order valence-corrected chi connectivity index (χ1v) is 9.44. The third-order valence-corrected chi connectivity index (χ3v) is 4.46. The summed E-state index contributed by atoms with van der Waals surface area (Å²) in [5.74, 6) is 0.283. The zero-order valence-corrected chi connectivity index (χ0v) is 17.4. The Hall–Kier alpha value is -2.60. The molecule has 2 aromatic rings. The molecule has 1 amide bonds. The van der Waals surface area contributed by atoms with Crippen molar-refractivity contribution in [3.63, 3.8) is 0 Å². The number of carbonyl (C=O) groups is 1. The molecule has 0 unspecified atom stereocenters. The van der Waals surface area contributed by atoms with E-state index in [-0.39, 0.29) is 12.5 Å². The Morgan fingerprint density at radius 3 is 2.15 bits per heavy atom. The van der Waals surface area contributed by atoms with Crippen LogP contribution < -0.4 is 21.5 Å². The molecule has 0 heterocycles. The molecule has 2 rings (SSSR count). The molecule has 0 aliphatic heterocycles. The molecule has 27 heavy (non-hydrogen) atoms. The number of aryl methyl sites for hydroxylation is 3. The van der Waals surface area contributed by atoms with Gasteiger partial charge in [-0.15, -0.1) is 0 Å². The maximum Gasteiger partial charge on any atom is 0.257 e. The summed E-state index contributed by atoms with van der Waals surface area (Å²) >= 11 is 5.21. The molecule has 0 bridgehead atoms. The summed E-state index contributed by atoms with van der Waals surface area (Å²) in [5, 5.41) is 6.57. The molecule has 0 aliphatic carbocycles. The first-order chi connectivity index (χ1) is 12.8. The van der Waals surface area contributed by atoms with Gasteiger partial charge in [-0.05, 0) is 67.7 Å². The normalized spacial score (nSPS) is 10.4. The fourth-order valence-corrected chi connectivity index (χ4v) is 3.08. The number of hydrogen-bond acceptors (Lipinski definition) is 3. The minimum absolute atomic E-state index is 0.156. The average molecular weight is 385 g/mol. The Kier molecular flexibility index (Phi) is 7.19. The maximum absolute atomic E-state index is 12.1. The Balaban J connectivity index is 1.79. The van der Waals surface area contributed by atoms with Gasteiger partial charge in [-0.3, -0.25) is 15.6 Å². The van der Waals surface area contributed by atoms with Crippen molar-refractivity contribution in [3.8, 4) is 0 Å². The summed E-state index contributed by atoms with van der Waals surface area (Å²) in [4.78, 5) is 12.1. The van der Waals surface area contributed by atoms with Crippen LogP contribution in [0.25, 0.3) is 0 Å². The Morgan fingerprint density at radius 1 is 1.00 bits per heavy atom. The van der Waals surface area contributed by atoms with Crippen LogP contribution in [0.5, 0.6) is 0 Å². The molecule has 2 aromatic carbocycles. The first kappa shape index (κ1) is 20.7. The lowest BCUT2D eigenvalue weighted by Gasteiger charge is -2.15. The molecule has 0 aromatic heterocycles. The molecule has 6 heteroatoms. The van der Waals surface area contributed by atoms with Crippen molar-refractivity contribution in [2.45, 2.75) is 40.5 Å². The van der Waals surface area contributed by atoms with E-state index in [1.807, 2.05) is 26.0 Å². The summed E-state index contributed by atoms with van der Waals surface area (Å²) in [5.41, 5.74) is 11.9. The van der Waals surface area contributed by atoms with Crippen LogP contribution in [-0.4, -0.2) is 17.6 Å². The van der Waals surface area contributed by atoms with Crippen molar-refractivity contribution < 1.29 is 4.79 Å². The zero-order valence-electron chi connectivity index (χ0n) is 16.6. The lowest BCUT2D eigenvalue weighted by Crippen LogP contribution is -2.45. The number of rotatable bonds is 5. The van der Waals surface area contributed by atoms with Gasteiger partial charge in [-0.25, -0.2) is 0 Å². The fourth-order valence-electron chi connectivity index (χ4n) is 2.91. The SMILES string of the molecule is Cc1cc(C)c(NCC(=O)NNC(=S)Nc2ccc(C(C)C)cc2)c(C)c1. The summed E-state index contributed by atoms with van der Waals surface area (Å²) in [6.07, 6.45) is 0.